The molecule has 0 amide bonds. The highest BCUT2D eigenvalue weighted by molar-refractivity contribution is 9.10. The summed E-state index contributed by atoms with van der Waals surface area (Å²) in [5.41, 5.74) is 1.37. The van der Waals surface area contributed by atoms with Crippen LogP contribution in [0.1, 0.15) is 38.3 Å². The van der Waals surface area contributed by atoms with Crippen LogP contribution in [0.15, 0.2) is 28.7 Å². The van der Waals surface area contributed by atoms with Gasteiger partial charge in [0.2, 0.25) is 0 Å². The van der Waals surface area contributed by atoms with Gasteiger partial charge >= 0.3 is 0 Å². The first-order valence-corrected chi connectivity index (χ1v) is 6.39. The molecular formula is C13H20BrN. The van der Waals surface area contributed by atoms with Gasteiger partial charge in [-0.25, -0.2) is 0 Å². The topological polar surface area (TPSA) is 12.0 Å². The molecule has 0 fully saturated rings. The van der Waals surface area contributed by atoms with E-state index in [1.165, 1.54) is 18.4 Å². The molecule has 1 rings (SSSR count). The summed E-state index contributed by atoms with van der Waals surface area (Å²) < 4.78 is 1.16. The van der Waals surface area contributed by atoms with E-state index in [2.05, 4.69) is 59.4 Å². The Bertz CT molecular complexity index is 298. The summed E-state index contributed by atoms with van der Waals surface area (Å²) in [7, 11) is 2.04. The minimum absolute atomic E-state index is 0.470. The summed E-state index contributed by atoms with van der Waals surface area (Å²) in [6.45, 7) is 4.56. The molecule has 0 radical (unpaired) electrons. The van der Waals surface area contributed by atoms with Gasteiger partial charge in [0.15, 0.2) is 0 Å². The molecule has 0 aromatic heterocycles. The van der Waals surface area contributed by atoms with Crippen molar-refractivity contribution in [3.8, 4) is 0 Å². The van der Waals surface area contributed by atoms with E-state index < -0.39 is 0 Å². The van der Waals surface area contributed by atoms with Gasteiger partial charge in [0.1, 0.15) is 0 Å². The molecule has 2 atom stereocenters. The van der Waals surface area contributed by atoms with Crippen LogP contribution >= 0.6 is 15.9 Å². The average molecular weight is 270 g/mol. The number of halogens is 1. The van der Waals surface area contributed by atoms with E-state index in [1.807, 2.05) is 7.05 Å². The predicted octanol–water partition coefficient (Wildman–Crippen LogP) is 4.15. The molecule has 0 bridgehead atoms. The van der Waals surface area contributed by atoms with Crippen LogP contribution in [0.4, 0.5) is 0 Å². The van der Waals surface area contributed by atoms with Gasteiger partial charge in [0, 0.05) is 10.5 Å². The fourth-order valence-electron chi connectivity index (χ4n) is 1.71. The summed E-state index contributed by atoms with van der Waals surface area (Å²) in [5.74, 6) is 0.765. The van der Waals surface area contributed by atoms with Gasteiger partial charge in [-0.05, 0) is 37.1 Å². The lowest BCUT2D eigenvalue weighted by Gasteiger charge is -2.20. The second-order valence-electron chi connectivity index (χ2n) is 4.15. The molecular weight excluding hydrogens is 250 g/mol. The molecule has 15 heavy (non-hydrogen) atoms. The number of benzene rings is 1. The first-order valence-electron chi connectivity index (χ1n) is 5.60. The monoisotopic (exact) mass is 269 g/mol. The van der Waals surface area contributed by atoms with Gasteiger partial charge in [-0.3, -0.25) is 0 Å². The van der Waals surface area contributed by atoms with Crippen LogP contribution < -0.4 is 5.32 Å². The maximum atomic E-state index is 3.52. The van der Waals surface area contributed by atoms with E-state index in [1.54, 1.807) is 0 Å². The zero-order valence-electron chi connectivity index (χ0n) is 9.76. The highest BCUT2D eigenvalue weighted by atomic mass is 79.9. The van der Waals surface area contributed by atoms with Crippen LogP contribution in [-0.2, 0) is 0 Å². The van der Waals surface area contributed by atoms with Gasteiger partial charge in [0.05, 0.1) is 0 Å². The number of hydrogen-bond acceptors (Lipinski definition) is 1. The Balaban J connectivity index is 2.73. The maximum Gasteiger partial charge on any atom is 0.0320 e. The Morgan fingerprint density at radius 3 is 2.67 bits per heavy atom. The lowest BCUT2D eigenvalue weighted by atomic mass is 9.94. The first-order chi connectivity index (χ1) is 7.17. The highest BCUT2D eigenvalue weighted by Crippen LogP contribution is 2.24. The third kappa shape index (κ3) is 3.96. The average Bonchev–Trinajstić information content (AvgIpc) is 2.25. The normalized spacial score (nSPS) is 14.9. The Hall–Kier alpha value is -0.340. The Morgan fingerprint density at radius 2 is 2.13 bits per heavy atom. The van der Waals surface area contributed by atoms with E-state index in [-0.39, 0.29) is 0 Å². The quantitative estimate of drug-likeness (QED) is 0.847. The first kappa shape index (κ1) is 12.7. The van der Waals surface area contributed by atoms with Crippen molar-refractivity contribution in [1.82, 2.24) is 5.32 Å². The molecule has 1 aromatic rings. The highest BCUT2D eigenvalue weighted by Gasteiger charge is 2.12. The van der Waals surface area contributed by atoms with Crippen molar-refractivity contribution in [3.63, 3.8) is 0 Å². The van der Waals surface area contributed by atoms with Crippen molar-refractivity contribution in [2.24, 2.45) is 5.92 Å². The summed E-state index contributed by atoms with van der Waals surface area (Å²) in [5, 5.41) is 3.39. The minimum atomic E-state index is 0.470. The van der Waals surface area contributed by atoms with Crippen molar-refractivity contribution in [2.75, 3.05) is 7.05 Å². The molecule has 84 valence electrons. The second kappa shape index (κ2) is 6.29. The molecule has 0 aliphatic carbocycles. The molecule has 1 N–H and O–H groups in total. The van der Waals surface area contributed by atoms with Gasteiger partial charge in [-0.2, -0.15) is 0 Å². The summed E-state index contributed by atoms with van der Waals surface area (Å²) in [6, 6.07) is 9.02. The van der Waals surface area contributed by atoms with Gasteiger partial charge in [-0.1, -0.05) is 48.3 Å². The number of nitrogens with one attached hydrogen (secondary N) is 1. The van der Waals surface area contributed by atoms with E-state index >= 15 is 0 Å². The van der Waals surface area contributed by atoms with E-state index in [0.717, 1.165) is 10.4 Å². The maximum absolute atomic E-state index is 3.52. The van der Waals surface area contributed by atoms with Gasteiger partial charge in [0.25, 0.3) is 0 Å². The van der Waals surface area contributed by atoms with E-state index in [9.17, 15) is 0 Å². The van der Waals surface area contributed by atoms with Crippen LogP contribution in [0.5, 0.6) is 0 Å². The molecule has 0 saturated carbocycles. The molecule has 1 nitrogen and oxygen atoms in total. The van der Waals surface area contributed by atoms with E-state index in [4.69, 9.17) is 0 Å². The number of rotatable bonds is 5. The molecule has 0 aliphatic heterocycles. The van der Waals surface area contributed by atoms with E-state index in [0.29, 0.717) is 6.04 Å². The van der Waals surface area contributed by atoms with Crippen LogP contribution in [0.3, 0.4) is 0 Å². The SMILES string of the molecule is CCC(C)CC(NC)c1cccc(Br)c1. The van der Waals surface area contributed by atoms with Crippen LogP contribution in [0.25, 0.3) is 0 Å². The molecule has 0 aliphatic rings. The third-order valence-electron chi connectivity index (χ3n) is 2.93. The molecule has 0 heterocycles. The molecule has 2 heteroatoms. The summed E-state index contributed by atoms with van der Waals surface area (Å²) in [6.07, 6.45) is 2.44. The van der Waals surface area contributed by atoms with Crippen molar-refractivity contribution in [2.45, 2.75) is 32.7 Å². The standard InChI is InChI=1S/C13H20BrN/c1-4-10(2)8-13(15-3)11-6-5-7-12(14)9-11/h5-7,9-10,13,15H,4,8H2,1-3H3. The van der Waals surface area contributed by atoms with Crippen molar-refractivity contribution in [1.29, 1.82) is 0 Å². The Kier molecular flexibility index (Phi) is 5.34. The lowest BCUT2D eigenvalue weighted by Crippen LogP contribution is -2.18. The van der Waals surface area contributed by atoms with Gasteiger partial charge in [-0.15, -0.1) is 0 Å². The Labute approximate surface area is 101 Å². The summed E-state index contributed by atoms with van der Waals surface area (Å²) >= 11 is 3.52. The zero-order valence-corrected chi connectivity index (χ0v) is 11.3. The molecule has 2 unspecified atom stereocenters. The van der Waals surface area contributed by atoms with Gasteiger partial charge < -0.3 is 5.32 Å². The fourth-order valence-corrected chi connectivity index (χ4v) is 2.13. The smallest absolute Gasteiger partial charge is 0.0320 e. The third-order valence-corrected chi connectivity index (χ3v) is 3.43. The van der Waals surface area contributed by atoms with Crippen LogP contribution in [0, 0.1) is 5.92 Å². The molecule has 0 saturated heterocycles. The number of hydrogen-bond donors (Lipinski definition) is 1. The lowest BCUT2D eigenvalue weighted by molar-refractivity contribution is 0.422. The Morgan fingerprint density at radius 1 is 1.40 bits per heavy atom. The second-order valence-corrected chi connectivity index (χ2v) is 5.06. The predicted molar refractivity (Wildman–Crippen MR) is 70.0 cm³/mol. The summed E-state index contributed by atoms with van der Waals surface area (Å²) in [4.78, 5) is 0. The van der Waals surface area contributed by atoms with Crippen LogP contribution in [0.2, 0.25) is 0 Å². The molecule has 1 aromatic carbocycles. The van der Waals surface area contributed by atoms with Crippen molar-refractivity contribution < 1.29 is 0 Å². The van der Waals surface area contributed by atoms with Crippen LogP contribution in [-0.4, -0.2) is 7.05 Å². The zero-order chi connectivity index (χ0) is 11.3. The minimum Gasteiger partial charge on any atom is -0.313 e. The van der Waals surface area contributed by atoms with Crippen molar-refractivity contribution in [3.05, 3.63) is 34.3 Å². The largest absolute Gasteiger partial charge is 0.313 e. The van der Waals surface area contributed by atoms with Crippen molar-refractivity contribution >= 4 is 15.9 Å². The fraction of sp³-hybridized carbons (Fsp3) is 0.538. The molecule has 0 spiro atoms.